The van der Waals surface area contributed by atoms with Crippen molar-refractivity contribution in [2.45, 2.75) is 45.6 Å². The second-order valence-electron chi connectivity index (χ2n) is 6.10. The van der Waals surface area contributed by atoms with E-state index in [1.54, 1.807) is 18.2 Å². The van der Waals surface area contributed by atoms with E-state index in [4.69, 9.17) is 16.7 Å². The van der Waals surface area contributed by atoms with Gasteiger partial charge in [0, 0.05) is 11.7 Å². The van der Waals surface area contributed by atoms with Crippen molar-refractivity contribution in [2.24, 2.45) is 5.41 Å². The number of benzene rings is 1. The van der Waals surface area contributed by atoms with Gasteiger partial charge in [0.25, 0.3) is 0 Å². The topological polar surface area (TPSA) is 49.3 Å². The number of nitrogens with one attached hydrogen (secondary N) is 1. The zero-order valence-corrected chi connectivity index (χ0v) is 12.1. The van der Waals surface area contributed by atoms with E-state index in [9.17, 15) is 4.79 Å². The molecule has 104 valence electrons. The highest BCUT2D eigenvalue weighted by molar-refractivity contribution is 6.33. The van der Waals surface area contributed by atoms with Crippen molar-refractivity contribution in [1.29, 1.82) is 0 Å². The van der Waals surface area contributed by atoms with E-state index >= 15 is 0 Å². The molecule has 1 atom stereocenters. The van der Waals surface area contributed by atoms with Crippen molar-refractivity contribution in [3.63, 3.8) is 0 Å². The van der Waals surface area contributed by atoms with Gasteiger partial charge in [-0.1, -0.05) is 31.9 Å². The van der Waals surface area contributed by atoms with Crippen LogP contribution in [-0.2, 0) is 0 Å². The average molecular weight is 282 g/mol. The summed E-state index contributed by atoms with van der Waals surface area (Å²) in [6.45, 7) is 4.59. The Kier molecular flexibility index (Phi) is 4.04. The van der Waals surface area contributed by atoms with Gasteiger partial charge in [0.1, 0.15) is 0 Å². The number of carboxylic acids is 1. The SMILES string of the molecule is CC1(C)CCCC(Nc2ccc(C(=O)O)c(Cl)c2)C1. The summed E-state index contributed by atoms with van der Waals surface area (Å²) in [6.07, 6.45) is 4.78. The molecule has 2 N–H and O–H groups in total. The molecule has 1 aliphatic carbocycles. The van der Waals surface area contributed by atoms with Gasteiger partial charge in [0.05, 0.1) is 10.6 Å². The predicted octanol–water partition coefficient (Wildman–Crippen LogP) is 4.42. The highest BCUT2D eigenvalue weighted by Gasteiger charge is 2.27. The Bertz CT molecular complexity index is 485. The number of anilines is 1. The van der Waals surface area contributed by atoms with Crippen LogP contribution in [0.2, 0.25) is 5.02 Å². The number of hydrogen-bond donors (Lipinski definition) is 2. The van der Waals surface area contributed by atoms with Crippen LogP contribution in [0.15, 0.2) is 18.2 Å². The van der Waals surface area contributed by atoms with Gasteiger partial charge in [0.15, 0.2) is 0 Å². The lowest BCUT2D eigenvalue weighted by Crippen LogP contribution is -2.31. The quantitative estimate of drug-likeness (QED) is 0.862. The Labute approximate surface area is 119 Å². The summed E-state index contributed by atoms with van der Waals surface area (Å²) < 4.78 is 0. The summed E-state index contributed by atoms with van der Waals surface area (Å²) in [6, 6.07) is 5.49. The minimum atomic E-state index is -0.990. The van der Waals surface area contributed by atoms with Gasteiger partial charge >= 0.3 is 5.97 Å². The lowest BCUT2D eigenvalue weighted by molar-refractivity contribution is 0.0697. The van der Waals surface area contributed by atoms with E-state index < -0.39 is 5.97 Å². The van der Waals surface area contributed by atoms with Crippen LogP contribution >= 0.6 is 11.6 Å². The first kappa shape index (κ1) is 14.2. The molecule has 1 saturated carbocycles. The van der Waals surface area contributed by atoms with Crippen molar-refractivity contribution in [2.75, 3.05) is 5.32 Å². The third kappa shape index (κ3) is 3.63. The van der Waals surface area contributed by atoms with Gasteiger partial charge in [-0.2, -0.15) is 0 Å². The summed E-state index contributed by atoms with van der Waals surface area (Å²) >= 11 is 5.98. The number of carboxylic acid groups (broad SMARTS) is 1. The molecule has 0 aromatic heterocycles. The number of hydrogen-bond acceptors (Lipinski definition) is 2. The molecular formula is C15H20ClNO2. The molecule has 0 amide bonds. The Morgan fingerprint density at radius 2 is 2.21 bits per heavy atom. The molecule has 1 unspecified atom stereocenters. The molecule has 1 aliphatic rings. The van der Waals surface area contributed by atoms with Crippen molar-refractivity contribution < 1.29 is 9.90 Å². The van der Waals surface area contributed by atoms with Crippen LogP contribution in [0, 0.1) is 5.41 Å². The zero-order valence-electron chi connectivity index (χ0n) is 11.4. The second-order valence-corrected chi connectivity index (χ2v) is 6.51. The molecule has 0 spiro atoms. The molecule has 0 heterocycles. The van der Waals surface area contributed by atoms with Crippen molar-refractivity contribution in [3.05, 3.63) is 28.8 Å². The third-order valence-electron chi connectivity index (χ3n) is 3.78. The van der Waals surface area contributed by atoms with Gasteiger partial charge in [-0.05, 0) is 42.9 Å². The second kappa shape index (κ2) is 5.41. The fraction of sp³-hybridized carbons (Fsp3) is 0.533. The van der Waals surface area contributed by atoms with Crippen LogP contribution in [0.5, 0.6) is 0 Å². The lowest BCUT2D eigenvalue weighted by Gasteiger charge is -2.36. The van der Waals surface area contributed by atoms with Crippen LogP contribution in [0.3, 0.4) is 0 Å². The Balaban J connectivity index is 2.07. The normalized spacial score (nSPS) is 21.9. The van der Waals surface area contributed by atoms with Crippen LogP contribution in [0.4, 0.5) is 5.69 Å². The summed E-state index contributed by atoms with van der Waals surface area (Å²) in [5, 5.41) is 12.7. The fourth-order valence-electron chi connectivity index (χ4n) is 2.84. The van der Waals surface area contributed by atoms with E-state index in [1.165, 1.54) is 12.8 Å². The van der Waals surface area contributed by atoms with Crippen LogP contribution in [0.25, 0.3) is 0 Å². The Morgan fingerprint density at radius 1 is 1.47 bits per heavy atom. The molecule has 0 bridgehead atoms. The first-order valence-corrected chi connectivity index (χ1v) is 7.04. The van der Waals surface area contributed by atoms with Crippen LogP contribution in [-0.4, -0.2) is 17.1 Å². The van der Waals surface area contributed by atoms with E-state index in [-0.39, 0.29) is 10.6 Å². The highest BCUT2D eigenvalue weighted by atomic mass is 35.5. The van der Waals surface area contributed by atoms with E-state index in [0.29, 0.717) is 11.5 Å². The highest BCUT2D eigenvalue weighted by Crippen LogP contribution is 2.36. The maximum atomic E-state index is 10.9. The number of carbonyl (C=O) groups is 1. The standard InChI is InChI=1S/C15H20ClNO2/c1-15(2)7-3-4-11(9-15)17-10-5-6-12(14(18)19)13(16)8-10/h5-6,8,11,17H,3-4,7,9H2,1-2H3,(H,18,19). The summed E-state index contributed by atoms with van der Waals surface area (Å²) in [4.78, 5) is 10.9. The molecule has 1 aromatic carbocycles. The Morgan fingerprint density at radius 3 is 2.79 bits per heavy atom. The van der Waals surface area contributed by atoms with E-state index in [1.807, 2.05) is 0 Å². The first-order chi connectivity index (χ1) is 8.87. The first-order valence-electron chi connectivity index (χ1n) is 6.67. The molecule has 0 saturated heterocycles. The van der Waals surface area contributed by atoms with Gasteiger partial charge in [-0.3, -0.25) is 0 Å². The molecule has 0 aliphatic heterocycles. The summed E-state index contributed by atoms with van der Waals surface area (Å²) in [7, 11) is 0. The number of aromatic carboxylic acids is 1. The Hall–Kier alpha value is -1.22. The monoisotopic (exact) mass is 281 g/mol. The van der Waals surface area contributed by atoms with Gasteiger partial charge in [-0.25, -0.2) is 4.79 Å². The molecule has 1 fully saturated rings. The fourth-order valence-corrected chi connectivity index (χ4v) is 3.10. The summed E-state index contributed by atoms with van der Waals surface area (Å²) in [5.41, 5.74) is 1.43. The van der Waals surface area contributed by atoms with E-state index in [0.717, 1.165) is 18.5 Å². The lowest BCUT2D eigenvalue weighted by atomic mass is 9.75. The third-order valence-corrected chi connectivity index (χ3v) is 4.09. The molecule has 2 rings (SSSR count). The minimum Gasteiger partial charge on any atom is -0.478 e. The largest absolute Gasteiger partial charge is 0.478 e. The molecule has 1 aromatic rings. The minimum absolute atomic E-state index is 0.149. The van der Waals surface area contributed by atoms with Crippen LogP contribution in [0.1, 0.15) is 49.9 Å². The van der Waals surface area contributed by atoms with Gasteiger partial charge < -0.3 is 10.4 Å². The van der Waals surface area contributed by atoms with E-state index in [2.05, 4.69) is 19.2 Å². The van der Waals surface area contributed by atoms with Gasteiger partial charge in [-0.15, -0.1) is 0 Å². The van der Waals surface area contributed by atoms with Crippen LogP contribution < -0.4 is 5.32 Å². The predicted molar refractivity (Wildman–Crippen MR) is 78.1 cm³/mol. The molecule has 4 heteroatoms. The smallest absolute Gasteiger partial charge is 0.337 e. The number of halogens is 1. The maximum Gasteiger partial charge on any atom is 0.337 e. The van der Waals surface area contributed by atoms with Gasteiger partial charge in [0.2, 0.25) is 0 Å². The average Bonchev–Trinajstić information content (AvgIpc) is 2.27. The molecular weight excluding hydrogens is 262 g/mol. The van der Waals surface area contributed by atoms with Crippen molar-refractivity contribution in [1.82, 2.24) is 0 Å². The van der Waals surface area contributed by atoms with Crippen molar-refractivity contribution in [3.8, 4) is 0 Å². The number of rotatable bonds is 3. The molecule has 3 nitrogen and oxygen atoms in total. The van der Waals surface area contributed by atoms with Crippen molar-refractivity contribution >= 4 is 23.3 Å². The molecule has 0 radical (unpaired) electrons. The summed E-state index contributed by atoms with van der Waals surface area (Å²) in [5.74, 6) is -0.990. The molecule has 19 heavy (non-hydrogen) atoms. The maximum absolute atomic E-state index is 10.9. The zero-order chi connectivity index (χ0) is 14.0.